The molecule has 0 rings (SSSR count). The molecule has 0 atom stereocenters. The van der Waals surface area contributed by atoms with E-state index in [1.165, 1.54) is 0 Å². The summed E-state index contributed by atoms with van der Waals surface area (Å²) < 4.78 is 0. The fourth-order valence-electron chi connectivity index (χ4n) is 0. The zero-order valence-electron chi connectivity index (χ0n) is 2.02. The maximum atomic E-state index is 0. The Morgan fingerprint density at radius 1 is 0.750 bits per heavy atom. The van der Waals surface area contributed by atoms with Crippen molar-refractivity contribution in [3.63, 3.8) is 0 Å². The molecule has 0 saturated heterocycles. The Kier molecular flexibility index (Phi) is 175. The number of hydrogen-bond acceptors (Lipinski definition) is 0. The van der Waals surface area contributed by atoms with Crippen LogP contribution in [0.5, 0.6) is 0 Å². The van der Waals surface area contributed by atoms with Crippen molar-refractivity contribution in [2.24, 2.45) is 0 Å². The van der Waals surface area contributed by atoms with Crippen molar-refractivity contribution in [3.05, 3.63) is 0 Å². The second kappa shape index (κ2) is 19.4. The summed E-state index contributed by atoms with van der Waals surface area (Å²) in [5, 5.41) is 0. The standard InChI is InChI=1S/Ca.2O.Pb/q+2;2*-2;+2. The van der Waals surface area contributed by atoms with Gasteiger partial charge in [0.15, 0.2) is 0 Å². The van der Waals surface area contributed by atoms with Crippen molar-refractivity contribution < 1.29 is 11.0 Å². The van der Waals surface area contributed by atoms with Gasteiger partial charge in [0.05, 0.1) is 0 Å². The van der Waals surface area contributed by atoms with Crippen molar-refractivity contribution in [1.82, 2.24) is 0 Å². The van der Waals surface area contributed by atoms with E-state index in [9.17, 15) is 0 Å². The van der Waals surface area contributed by atoms with Crippen LogP contribution in [0.15, 0.2) is 0 Å². The third-order valence-corrected chi connectivity index (χ3v) is 0. The van der Waals surface area contributed by atoms with Gasteiger partial charge < -0.3 is 11.0 Å². The number of rotatable bonds is 0. The summed E-state index contributed by atoms with van der Waals surface area (Å²) in [6.07, 6.45) is 0. The molecule has 0 aromatic heterocycles. The van der Waals surface area contributed by atoms with Gasteiger partial charge in [-0.2, -0.15) is 0 Å². The number of hydrogen-bond donors (Lipinski definition) is 0. The average molecular weight is 279 g/mol. The Morgan fingerprint density at radius 2 is 0.750 bits per heavy atom. The van der Waals surface area contributed by atoms with E-state index in [1.807, 2.05) is 0 Å². The SMILES string of the molecule is [Ca+2].[O-2].[O-2].[Pb+2]. The van der Waals surface area contributed by atoms with E-state index in [0.717, 1.165) is 0 Å². The minimum atomic E-state index is 0. The molecule has 0 amide bonds. The molecule has 0 saturated carbocycles. The maximum absolute atomic E-state index is 0. The normalized spacial score (nSPS) is 0. The average Bonchev–Trinajstić information content (AvgIpc) is 0. The van der Waals surface area contributed by atoms with Gasteiger partial charge in [-0.25, -0.2) is 0 Å². The first kappa shape index (κ1) is 36.0. The first-order valence-corrected chi connectivity index (χ1v) is 0. The van der Waals surface area contributed by atoms with Gasteiger partial charge in [-0.1, -0.05) is 0 Å². The van der Waals surface area contributed by atoms with Crippen LogP contribution in [0.3, 0.4) is 0 Å². The fourth-order valence-corrected chi connectivity index (χ4v) is 0. The van der Waals surface area contributed by atoms with Gasteiger partial charge in [-0.15, -0.1) is 0 Å². The van der Waals surface area contributed by atoms with Crippen LogP contribution in [0.25, 0.3) is 0 Å². The zero-order chi connectivity index (χ0) is 0. The molecular weight excluding hydrogens is 279 g/mol. The van der Waals surface area contributed by atoms with Crippen LogP contribution in [0.4, 0.5) is 0 Å². The van der Waals surface area contributed by atoms with E-state index in [4.69, 9.17) is 0 Å². The molecule has 4 heavy (non-hydrogen) atoms. The molecule has 18 valence electrons. The van der Waals surface area contributed by atoms with Crippen molar-refractivity contribution in [1.29, 1.82) is 0 Å². The molecule has 2 nitrogen and oxygen atoms in total. The van der Waals surface area contributed by atoms with Crippen LogP contribution < -0.4 is 0 Å². The Morgan fingerprint density at radius 3 is 0.750 bits per heavy atom. The predicted octanol–water partition coefficient (Wildman–Crippen LogP) is -0.999. The first-order valence-electron chi connectivity index (χ1n) is 0. The maximum Gasteiger partial charge on any atom is 2.00 e. The molecule has 0 fully saturated rings. The summed E-state index contributed by atoms with van der Waals surface area (Å²) in [6, 6.07) is 0. The Labute approximate surface area is 74.7 Å². The van der Waals surface area contributed by atoms with Gasteiger partial charge in [0.2, 0.25) is 0 Å². The molecule has 0 spiro atoms. The smallest absolute Gasteiger partial charge is 2.00 e. The van der Waals surface area contributed by atoms with E-state index < -0.39 is 0 Å². The van der Waals surface area contributed by atoms with Crippen LogP contribution >= 0.6 is 0 Å². The van der Waals surface area contributed by atoms with Crippen LogP contribution in [-0.2, 0) is 11.0 Å². The van der Waals surface area contributed by atoms with Gasteiger partial charge in [0.25, 0.3) is 0 Å². The molecule has 0 aromatic carbocycles. The molecule has 0 unspecified atom stereocenters. The van der Waals surface area contributed by atoms with Crippen molar-refractivity contribution in [2.75, 3.05) is 0 Å². The Hall–Kier alpha value is 2.10. The van der Waals surface area contributed by atoms with E-state index in [2.05, 4.69) is 0 Å². The molecule has 0 N–H and O–H groups in total. The van der Waals surface area contributed by atoms with Crippen molar-refractivity contribution in [3.8, 4) is 0 Å². The summed E-state index contributed by atoms with van der Waals surface area (Å²) in [5.41, 5.74) is 0. The monoisotopic (exact) mass is 280 g/mol. The largest absolute Gasteiger partial charge is 2.00 e. The van der Waals surface area contributed by atoms with Gasteiger partial charge in [-0.3, -0.25) is 0 Å². The third kappa shape index (κ3) is 8.93. The van der Waals surface area contributed by atoms with E-state index in [-0.39, 0.29) is 76.0 Å². The Bertz CT molecular complexity index is 6.00. The first-order chi connectivity index (χ1) is 0. The fraction of sp³-hybridized carbons (Fsp3) is 0. The van der Waals surface area contributed by atoms with Crippen LogP contribution in [0.2, 0.25) is 0 Å². The van der Waals surface area contributed by atoms with E-state index in [0.29, 0.717) is 0 Å². The minimum Gasteiger partial charge on any atom is -2.00 e. The third-order valence-electron chi connectivity index (χ3n) is 0. The molecule has 0 aliphatic rings. The van der Waals surface area contributed by atoms with Crippen molar-refractivity contribution >= 4 is 65.0 Å². The molecule has 0 heterocycles. The Balaban J connectivity index is 0. The molecular formula is CaO2Pb. The van der Waals surface area contributed by atoms with Crippen LogP contribution in [-0.4, -0.2) is 65.0 Å². The molecule has 4 heteroatoms. The second-order valence-corrected chi connectivity index (χ2v) is 0. The summed E-state index contributed by atoms with van der Waals surface area (Å²) in [7, 11) is 0. The molecule has 2 radical (unpaired) electrons. The van der Waals surface area contributed by atoms with Gasteiger partial charge in [0.1, 0.15) is 0 Å². The summed E-state index contributed by atoms with van der Waals surface area (Å²) in [6.45, 7) is 0. The molecule has 0 aliphatic heterocycles. The van der Waals surface area contributed by atoms with Crippen LogP contribution in [0.1, 0.15) is 0 Å². The zero-order valence-corrected chi connectivity index (χ0v) is 8.12. The summed E-state index contributed by atoms with van der Waals surface area (Å²) in [5.74, 6) is 0. The second-order valence-electron chi connectivity index (χ2n) is 0. The van der Waals surface area contributed by atoms with Gasteiger partial charge in [0, 0.05) is 0 Å². The van der Waals surface area contributed by atoms with Gasteiger partial charge >= 0.3 is 65.0 Å². The summed E-state index contributed by atoms with van der Waals surface area (Å²) in [4.78, 5) is 0. The summed E-state index contributed by atoms with van der Waals surface area (Å²) >= 11 is 0. The molecule has 0 aromatic rings. The van der Waals surface area contributed by atoms with Crippen molar-refractivity contribution in [2.45, 2.75) is 0 Å². The van der Waals surface area contributed by atoms with Crippen LogP contribution in [0, 0.1) is 0 Å². The van der Waals surface area contributed by atoms with E-state index in [1.54, 1.807) is 0 Å². The molecule has 0 aliphatic carbocycles. The van der Waals surface area contributed by atoms with E-state index >= 15 is 0 Å². The predicted molar refractivity (Wildman–Crippen MR) is 12.9 cm³/mol. The molecule has 0 bridgehead atoms. The topological polar surface area (TPSA) is 57.0 Å². The van der Waals surface area contributed by atoms with Gasteiger partial charge in [-0.05, 0) is 0 Å². The minimum absolute atomic E-state index is 0. The quantitative estimate of drug-likeness (QED) is 0.511.